The summed E-state index contributed by atoms with van der Waals surface area (Å²) in [6.45, 7) is 9.62. The highest BCUT2D eigenvalue weighted by Gasteiger charge is 2.20. The summed E-state index contributed by atoms with van der Waals surface area (Å²) in [5, 5.41) is 0. The fraction of sp³-hybridized carbons (Fsp3) is 0.364. The van der Waals surface area contributed by atoms with Crippen LogP contribution in [0.4, 0.5) is 0 Å². The van der Waals surface area contributed by atoms with E-state index in [-0.39, 0.29) is 0 Å². The Morgan fingerprint density at radius 3 is 2.62 bits per heavy atom. The van der Waals surface area contributed by atoms with E-state index in [9.17, 15) is 0 Å². The van der Waals surface area contributed by atoms with E-state index in [0.29, 0.717) is 5.92 Å². The molecule has 0 spiro atoms. The zero-order chi connectivity index (χ0) is 16.9. The van der Waals surface area contributed by atoms with Crippen LogP contribution in [0.15, 0.2) is 53.9 Å². The van der Waals surface area contributed by atoms with Crippen molar-refractivity contribution in [2.24, 2.45) is 0 Å². The van der Waals surface area contributed by atoms with Gasteiger partial charge in [0.1, 0.15) is 0 Å². The van der Waals surface area contributed by atoms with Crippen LogP contribution in [-0.4, -0.2) is 24.5 Å². The first kappa shape index (κ1) is 17.3. The summed E-state index contributed by atoms with van der Waals surface area (Å²) < 4.78 is 0. The summed E-state index contributed by atoms with van der Waals surface area (Å²) in [6.07, 6.45) is 5.59. The summed E-state index contributed by atoms with van der Waals surface area (Å²) in [5.41, 5.74) is 5.49. The van der Waals surface area contributed by atoms with E-state index in [1.807, 2.05) is 12.1 Å². The molecule has 0 radical (unpaired) electrons. The highest BCUT2D eigenvalue weighted by atomic mass is 32.1. The van der Waals surface area contributed by atoms with Gasteiger partial charge in [-0.3, -0.25) is 0 Å². The predicted molar refractivity (Wildman–Crippen MR) is 107 cm³/mol. The molecule has 2 aromatic rings. The second-order valence-corrected chi connectivity index (χ2v) is 7.37. The summed E-state index contributed by atoms with van der Waals surface area (Å²) in [6, 6.07) is 15.4. The maximum atomic E-state index is 4.43. The normalized spacial score (nSPS) is 16.2. The predicted octanol–water partition coefficient (Wildman–Crippen LogP) is 5.35. The summed E-state index contributed by atoms with van der Waals surface area (Å²) in [5.74, 6) is 0.708. The minimum atomic E-state index is 0.708. The average molecular weight is 338 g/mol. The largest absolute Gasteiger partial charge is 0.303 e. The molecule has 126 valence electrons. The Kier molecular flexibility index (Phi) is 5.80. The smallest absolute Gasteiger partial charge is 0.00427 e. The van der Waals surface area contributed by atoms with E-state index in [1.165, 1.54) is 48.2 Å². The van der Waals surface area contributed by atoms with E-state index in [4.69, 9.17) is 0 Å². The van der Waals surface area contributed by atoms with Gasteiger partial charge in [0, 0.05) is 11.4 Å². The van der Waals surface area contributed by atoms with Crippen molar-refractivity contribution in [2.45, 2.75) is 37.0 Å². The molecule has 0 atom stereocenters. The van der Waals surface area contributed by atoms with Crippen LogP contribution in [0.2, 0.25) is 0 Å². The Labute approximate surface area is 151 Å². The molecular weight excluding hydrogens is 310 g/mol. The highest BCUT2D eigenvalue weighted by molar-refractivity contribution is 7.80. The lowest BCUT2D eigenvalue weighted by atomic mass is 9.87. The van der Waals surface area contributed by atoms with Crippen LogP contribution in [-0.2, 0) is 6.42 Å². The quantitative estimate of drug-likeness (QED) is 0.720. The van der Waals surface area contributed by atoms with Crippen LogP contribution in [0.3, 0.4) is 0 Å². The van der Waals surface area contributed by atoms with Gasteiger partial charge in [-0.2, -0.15) is 0 Å². The number of piperidine rings is 1. The molecule has 1 aliphatic rings. The minimum Gasteiger partial charge on any atom is -0.303 e. The van der Waals surface area contributed by atoms with Gasteiger partial charge in [0.05, 0.1) is 0 Å². The topological polar surface area (TPSA) is 3.24 Å². The molecular formula is C22H27NS. The molecule has 0 saturated carbocycles. The van der Waals surface area contributed by atoms with Crippen molar-refractivity contribution in [2.75, 3.05) is 19.6 Å². The molecule has 1 heterocycles. The second kappa shape index (κ2) is 8.04. The van der Waals surface area contributed by atoms with Crippen molar-refractivity contribution in [3.8, 4) is 0 Å². The Balaban J connectivity index is 1.52. The van der Waals surface area contributed by atoms with E-state index in [2.05, 4.69) is 67.4 Å². The van der Waals surface area contributed by atoms with Gasteiger partial charge in [-0.15, -0.1) is 12.6 Å². The van der Waals surface area contributed by atoms with Crippen LogP contribution in [0.1, 0.15) is 41.0 Å². The maximum Gasteiger partial charge on any atom is 0.00427 e. The number of rotatable bonds is 5. The third-order valence-corrected chi connectivity index (χ3v) is 5.48. The highest BCUT2D eigenvalue weighted by Crippen LogP contribution is 2.29. The number of hydrogen-bond acceptors (Lipinski definition) is 2. The molecule has 1 aliphatic heterocycles. The van der Waals surface area contributed by atoms with Gasteiger partial charge < -0.3 is 4.90 Å². The molecule has 0 bridgehead atoms. The number of aryl methyl sites for hydroxylation is 1. The second-order valence-electron chi connectivity index (χ2n) is 6.86. The van der Waals surface area contributed by atoms with Gasteiger partial charge in [0.15, 0.2) is 0 Å². The molecule has 1 saturated heterocycles. The molecule has 0 N–H and O–H groups in total. The molecule has 0 amide bonds. The van der Waals surface area contributed by atoms with Crippen molar-refractivity contribution in [3.63, 3.8) is 0 Å². The van der Waals surface area contributed by atoms with Crippen LogP contribution in [0, 0.1) is 6.92 Å². The lowest BCUT2D eigenvalue weighted by molar-refractivity contribution is 0.214. The third kappa shape index (κ3) is 4.31. The molecule has 3 rings (SSSR count). The number of benzene rings is 2. The molecule has 24 heavy (non-hydrogen) atoms. The molecule has 0 unspecified atom stereocenters. The first-order valence-corrected chi connectivity index (χ1v) is 9.33. The van der Waals surface area contributed by atoms with Crippen molar-refractivity contribution >= 4 is 18.7 Å². The van der Waals surface area contributed by atoms with Gasteiger partial charge in [-0.25, -0.2) is 0 Å². The SMILES string of the molecule is C=Cc1ccc(C2CCN(CCc3cccc(S)c3)CC2)cc1C. The molecule has 1 nitrogen and oxygen atoms in total. The molecule has 2 heteroatoms. The maximum absolute atomic E-state index is 4.43. The summed E-state index contributed by atoms with van der Waals surface area (Å²) >= 11 is 4.43. The Hall–Kier alpha value is -1.51. The summed E-state index contributed by atoms with van der Waals surface area (Å²) in [7, 11) is 0. The van der Waals surface area contributed by atoms with Gasteiger partial charge in [0.25, 0.3) is 0 Å². The molecule has 2 aromatic carbocycles. The lowest BCUT2D eigenvalue weighted by Gasteiger charge is -2.32. The Morgan fingerprint density at radius 1 is 1.17 bits per heavy atom. The monoisotopic (exact) mass is 337 g/mol. The fourth-order valence-corrected chi connectivity index (χ4v) is 3.92. The van der Waals surface area contributed by atoms with Crippen LogP contribution >= 0.6 is 12.6 Å². The minimum absolute atomic E-state index is 0.708. The van der Waals surface area contributed by atoms with Crippen molar-refractivity contribution in [3.05, 3.63) is 71.3 Å². The Morgan fingerprint density at radius 2 is 1.96 bits per heavy atom. The number of hydrogen-bond donors (Lipinski definition) is 1. The molecule has 0 aliphatic carbocycles. The van der Waals surface area contributed by atoms with E-state index in [1.54, 1.807) is 0 Å². The molecule has 0 aromatic heterocycles. The van der Waals surface area contributed by atoms with E-state index >= 15 is 0 Å². The number of likely N-dealkylation sites (tertiary alicyclic amines) is 1. The van der Waals surface area contributed by atoms with Gasteiger partial charge in [-0.05, 0) is 79.6 Å². The van der Waals surface area contributed by atoms with Crippen LogP contribution < -0.4 is 0 Å². The van der Waals surface area contributed by atoms with Crippen molar-refractivity contribution < 1.29 is 0 Å². The third-order valence-electron chi connectivity index (χ3n) is 5.20. The van der Waals surface area contributed by atoms with Gasteiger partial charge in [0.2, 0.25) is 0 Å². The number of nitrogens with zero attached hydrogens (tertiary/aromatic N) is 1. The first-order chi connectivity index (χ1) is 11.7. The van der Waals surface area contributed by atoms with E-state index < -0.39 is 0 Å². The Bertz CT molecular complexity index is 699. The summed E-state index contributed by atoms with van der Waals surface area (Å²) in [4.78, 5) is 3.66. The first-order valence-electron chi connectivity index (χ1n) is 8.89. The van der Waals surface area contributed by atoms with Crippen LogP contribution in [0.25, 0.3) is 6.08 Å². The lowest BCUT2D eigenvalue weighted by Crippen LogP contribution is -2.34. The van der Waals surface area contributed by atoms with E-state index in [0.717, 1.165) is 17.9 Å². The van der Waals surface area contributed by atoms with Crippen molar-refractivity contribution in [1.82, 2.24) is 4.90 Å². The standard InChI is InChI=1S/C22H27NS/c1-3-19-7-8-21(15-17(19)2)20-10-13-23(14-11-20)12-9-18-5-4-6-22(24)16-18/h3-8,15-16,20,24H,1,9-14H2,2H3. The number of thiol groups is 1. The van der Waals surface area contributed by atoms with Crippen molar-refractivity contribution in [1.29, 1.82) is 0 Å². The zero-order valence-electron chi connectivity index (χ0n) is 14.5. The van der Waals surface area contributed by atoms with Crippen LogP contribution in [0.5, 0.6) is 0 Å². The zero-order valence-corrected chi connectivity index (χ0v) is 15.4. The average Bonchev–Trinajstić information content (AvgIpc) is 2.60. The van der Waals surface area contributed by atoms with Gasteiger partial charge >= 0.3 is 0 Å². The molecule has 1 fully saturated rings. The van der Waals surface area contributed by atoms with Gasteiger partial charge in [-0.1, -0.05) is 43.0 Å². The fourth-order valence-electron chi connectivity index (χ4n) is 3.67.